The fraction of sp³-hybridized carbons (Fsp3) is 0.647. The Morgan fingerprint density at radius 3 is 2.31 bits per heavy atom. The first-order valence-electron chi connectivity index (χ1n) is 8.25. The van der Waals surface area contributed by atoms with E-state index in [4.69, 9.17) is 15.2 Å². The van der Waals surface area contributed by atoms with Crippen LogP contribution < -0.4 is 11.1 Å². The van der Waals surface area contributed by atoms with E-state index in [1.54, 1.807) is 6.92 Å². The van der Waals surface area contributed by atoms with Gasteiger partial charge in [-0.05, 0) is 20.3 Å². The molecule has 148 valence electrons. The lowest BCUT2D eigenvalue weighted by atomic mass is 10.0. The summed E-state index contributed by atoms with van der Waals surface area (Å²) >= 11 is 1.42. The Hall–Kier alpha value is -2.03. The molecule has 0 rings (SSSR count). The minimum atomic E-state index is -0.525. The van der Waals surface area contributed by atoms with Crippen molar-refractivity contribution >= 4 is 35.5 Å². The number of amides is 2. The summed E-state index contributed by atoms with van der Waals surface area (Å²) in [5.74, 6) is -0.986. The van der Waals surface area contributed by atoms with Crippen LogP contribution in [0.5, 0.6) is 0 Å². The molecule has 0 aromatic heterocycles. The van der Waals surface area contributed by atoms with Gasteiger partial charge in [0, 0.05) is 36.0 Å². The van der Waals surface area contributed by atoms with Crippen molar-refractivity contribution in [1.82, 2.24) is 5.32 Å². The zero-order valence-corrected chi connectivity index (χ0v) is 16.4. The van der Waals surface area contributed by atoms with Crippen LogP contribution in [0.4, 0.5) is 0 Å². The van der Waals surface area contributed by atoms with Crippen LogP contribution in [0.3, 0.4) is 0 Å². The van der Waals surface area contributed by atoms with Gasteiger partial charge < -0.3 is 20.5 Å². The number of nitrogens with one attached hydrogen (secondary N) is 1. The third kappa shape index (κ3) is 12.3. The summed E-state index contributed by atoms with van der Waals surface area (Å²) < 4.78 is 9.74. The predicted octanol–water partition coefficient (Wildman–Crippen LogP) is 0.788. The van der Waals surface area contributed by atoms with Gasteiger partial charge in [0.25, 0.3) is 0 Å². The van der Waals surface area contributed by atoms with E-state index >= 15 is 0 Å². The highest BCUT2D eigenvalue weighted by molar-refractivity contribution is 7.99. The molecule has 26 heavy (non-hydrogen) atoms. The van der Waals surface area contributed by atoms with Gasteiger partial charge in [0.15, 0.2) is 0 Å². The summed E-state index contributed by atoms with van der Waals surface area (Å²) in [4.78, 5) is 45.2. The highest BCUT2D eigenvalue weighted by Gasteiger charge is 2.19. The quantitative estimate of drug-likeness (QED) is 0.271. The van der Waals surface area contributed by atoms with Crippen molar-refractivity contribution < 1.29 is 28.7 Å². The molecule has 0 bridgehead atoms. The van der Waals surface area contributed by atoms with E-state index < -0.39 is 17.8 Å². The van der Waals surface area contributed by atoms with Crippen molar-refractivity contribution in [2.24, 2.45) is 11.7 Å². The first-order valence-corrected chi connectivity index (χ1v) is 9.41. The Balaban J connectivity index is 3.93. The lowest BCUT2D eigenvalue weighted by molar-refractivity contribution is -0.149. The molecule has 0 saturated heterocycles. The third-order valence-corrected chi connectivity index (χ3v) is 4.32. The molecule has 0 heterocycles. The Morgan fingerprint density at radius 1 is 1.15 bits per heavy atom. The largest absolute Gasteiger partial charge is 0.462 e. The second-order valence-corrected chi connectivity index (χ2v) is 7.05. The number of nitrogens with two attached hydrogens (primary N) is 1. The maximum atomic E-state index is 11.6. The van der Waals surface area contributed by atoms with Gasteiger partial charge in [-0.1, -0.05) is 6.58 Å². The normalized spacial score (nSPS) is 12.6. The molecule has 0 aliphatic heterocycles. The maximum Gasteiger partial charge on any atom is 0.333 e. The molecule has 0 saturated carbocycles. The van der Waals surface area contributed by atoms with Gasteiger partial charge in [0.2, 0.25) is 11.8 Å². The molecular weight excluding hydrogens is 360 g/mol. The molecule has 2 unspecified atom stereocenters. The van der Waals surface area contributed by atoms with Crippen LogP contribution in [-0.2, 0) is 28.7 Å². The maximum absolute atomic E-state index is 11.6. The number of carbonyl (C=O) groups is 4. The lowest BCUT2D eigenvalue weighted by Crippen LogP contribution is -2.36. The highest BCUT2D eigenvalue weighted by atomic mass is 32.2. The molecule has 8 nitrogen and oxygen atoms in total. The smallest absolute Gasteiger partial charge is 0.333 e. The van der Waals surface area contributed by atoms with E-state index in [9.17, 15) is 19.2 Å². The first kappa shape index (κ1) is 24.0. The van der Waals surface area contributed by atoms with Crippen molar-refractivity contribution in [3.05, 3.63) is 12.2 Å². The average Bonchev–Trinajstić information content (AvgIpc) is 2.53. The van der Waals surface area contributed by atoms with Gasteiger partial charge in [-0.3, -0.25) is 14.4 Å². The highest BCUT2D eigenvalue weighted by Crippen LogP contribution is 2.15. The molecule has 2 amide bonds. The number of thioether (sulfide) groups is 1. The Bertz CT molecular complexity index is 523. The van der Waals surface area contributed by atoms with E-state index in [-0.39, 0.29) is 43.1 Å². The standard InChI is InChI=1S/C17H28N2O6S/c1-11(2)17(23)25-7-6-24-15(21)5-8-26-10-14(16(18)22)9-12(3)19-13(4)20/h12,14H,1,5-10H2,2-4H3,(H2,18,22)(H,19,20). The molecule has 0 aromatic carbocycles. The van der Waals surface area contributed by atoms with E-state index in [2.05, 4.69) is 11.9 Å². The topological polar surface area (TPSA) is 125 Å². The van der Waals surface area contributed by atoms with Gasteiger partial charge in [0.1, 0.15) is 13.2 Å². The van der Waals surface area contributed by atoms with Gasteiger partial charge >= 0.3 is 11.9 Å². The Kier molecular flexibility index (Phi) is 12.2. The van der Waals surface area contributed by atoms with E-state index in [1.165, 1.54) is 25.6 Å². The molecular formula is C17H28N2O6S. The second kappa shape index (κ2) is 13.2. The van der Waals surface area contributed by atoms with E-state index in [1.807, 2.05) is 0 Å². The minimum absolute atomic E-state index is 0.0132. The van der Waals surface area contributed by atoms with Gasteiger partial charge in [0.05, 0.1) is 6.42 Å². The first-order chi connectivity index (χ1) is 12.1. The molecule has 0 aromatic rings. The molecule has 0 radical (unpaired) electrons. The van der Waals surface area contributed by atoms with Gasteiger partial charge in [-0.15, -0.1) is 0 Å². The third-order valence-electron chi connectivity index (χ3n) is 3.19. The zero-order chi connectivity index (χ0) is 20.1. The number of ether oxygens (including phenoxy) is 2. The number of hydrogen-bond acceptors (Lipinski definition) is 7. The Morgan fingerprint density at radius 2 is 1.77 bits per heavy atom. The van der Waals surface area contributed by atoms with Crippen molar-refractivity contribution in [1.29, 1.82) is 0 Å². The van der Waals surface area contributed by atoms with Crippen LogP contribution in [0.1, 0.15) is 33.6 Å². The summed E-state index contributed by atoms with van der Waals surface area (Å²) in [6, 6.07) is -0.155. The summed E-state index contributed by atoms with van der Waals surface area (Å²) in [7, 11) is 0. The second-order valence-electron chi connectivity index (χ2n) is 5.90. The van der Waals surface area contributed by atoms with Crippen LogP contribution in [0.2, 0.25) is 0 Å². The molecule has 0 fully saturated rings. The fourth-order valence-corrected chi connectivity index (χ4v) is 3.03. The molecule has 0 spiro atoms. The van der Waals surface area contributed by atoms with E-state index in [0.29, 0.717) is 17.9 Å². The molecule has 9 heteroatoms. The number of carbonyl (C=O) groups excluding carboxylic acids is 4. The monoisotopic (exact) mass is 388 g/mol. The summed E-state index contributed by atoms with van der Waals surface area (Å²) in [5, 5.41) is 2.71. The van der Waals surface area contributed by atoms with Crippen molar-refractivity contribution in [3.8, 4) is 0 Å². The summed E-state index contributed by atoms with van der Waals surface area (Å²) in [6.07, 6.45) is 0.617. The number of hydrogen-bond donors (Lipinski definition) is 2. The number of primary amides is 1. The molecule has 2 atom stereocenters. The molecule has 0 aliphatic rings. The lowest BCUT2D eigenvalue weighted by Gasteiger charge is -2.18. The SMILES string of the molecule is C=C(C)C(=O)OCCOC(=O)CCSCC(CC(C)NC(C)=O)C(N)=O. The van der Waals surface area contributed by atoms with E-state index in [0.717, 1.165) is 0 Å². The average molecular weight is 388 g/mol. The fourth-order valence-electron chi connectivity index (χ4n) is 1.97. The van der Waals surface area contributed by atoms with Crippen LogP contribution in [0, 0.1) is 5.92 Å². The van der Waals surface area contributed by atoms with Crippen LogP contribution in [-0.4, -0.2) is 54.5 Å². The minimum Gasteiger partial charge on any atom is -0.462 e. The summed E-state index contributed by atoms with van der Waals surface area (Å²) in [6.45, 7) is 8.15. The number of esters is 2. The van der Waals surface area contributed by atoms with Gasteiger partial charge in [-0.2, -0.15) is 11.8 Å². The molecule has 0 aliphatic carbocycles. The Labute approximate surface area is 158 Å². The predicted molar refractivity (Wildman–Crippen MR) is 99.3 cm³/mol. The van der Waals surface area contributed by atoms with Crippen molar-refractivity contribution in [3.63, 3.8) is 0 Å². The van der Waals surface area contributed by atoms with Crippen LogP contribution in [0.25, 0.3) is 0 Å². The van der Waals surface area contributed by atoms with Crippen LogP contribution >= 0.6 is 11.8 Å². The van der Waals surface area contributed by atoms with Crippen molar-refractivity contribution in [2.75, 3.05) is 24.7 Å². The number of rotatable bonds is 13. The van der Waals surface area contributed by atoms with Crippen molar-refractivity contribution in [2.45, 2.75) is 39.7 Å². The van der Waals surface area contributed by atoms with Gasteiger partial charge in [-0.25, -0.2) is 4.79 Å². The van der Waals surface area contributed by atoms with Crippen LogP contribution in [0.15, 0.2) is 12.2 Å². The molecule has 3 N–H and O–H groups in total. The zero-order valence-electron chi connectivity index (χ0n) is 15.5. The summed E-state index contributed by atoms with van der Waals surface area (Å²) in [5.41, 5.74) is 5.66.